The third kappa shape index (κ3) is 2.93. The van der Waals surface area contributed by atoms with Crippen LogP contribution in [0.2, 0.25) is 0 Å². The summed E-state index contributed by atoms with van der Waals surface area (Å²) in [6, 6.07) is 6.59. The van der Waals surface area contributed by atoms with Crippen molar-refractivity contribution in [3.05, 3.63) is 57.0 Å². The molecule has 3 rings (SSSR count). The van der Waals surface area contributed by atoms with Crippen molar-refractivity contribution in [2.24, 2.45) is 0 Å². The van der Waals surface area contributed by atoms with Crippen molar-refractivity contribution in [2.45, 2.75) is 13.8 Å². The number of aryl methyl sites for hydroxylation is 2. The van der Waals surface area contributed by atoms with Crippen molar-refractivity contribution < 1.29 is 9.18 Å². The summed E-state index contributed by atoms with van der Waals surface area (Å²) < 4.78 is 13.7. The van der Waals surface area contributed by atoms with Crippen LogP contribution in [0.4, 0.5) is 10.1 Å². The van der Waals surface area contributed by atoms with Gasteiger partial charge in [-0.3, -0.25) is 4.79 Å². The van der Waals surface area contributed by atoms with Gasteiger partial charge in [0.25, 0.3) is 5.91 Å². The largest absolute Gasteiger partial charge is 0.319 e. The molecule has 2 heterocycles. The number of carbonyl (C=O) groups is 1. The lowest BCUT2D eigenvalue weighted by atomic mass is 10.2. The molecular formula is C16H13FN2OS2. The van der Waals surface area contributed by atoms with Crippen LogP contribution in [0.3, 0.4) is 0 Å². The maximum absolute atomic E-state index is 13.7. The van der Waals surface area contributed by atoms with Crippen molar-refractivity contribution in [3.63, 3.8) is 0 Å². The smallest absolute Gasteiger partial charge is 0.267 e. The molecule has 0 atom stereocenters. The van der Waals surface area contributed by atoms with Gasteiger partial charge >= 0.3 is 0 Å². The van der Waals surface area contributed by atoms with Gasteiger partial charge in [0, 0.05) is 10.9 Å². The Balaban J connectivity index is 1.88. The van der Waals surface area contributed by atoms with E-state index in [9.17, 15) is 9.18 Å². The van der Waals surface area contributed by atoms with E-state index < -0.39 is 5.82 Å². The summed E-state index contributed by atoms with van der Waals surface area (Å²) in [5, 5.41) is 7.38. The minimum absolute atomic E-state index is 0.190. The van der Waals surface area contributed by atoms with Crippen LogP contribution in [0.5, 0.6) is 0 Å². The summed E-state index contributed by atoms with van der Waals surface area (Å²) in [6.45, 7) is 3.63. The number of hydrogen-bond donors (Lipinski definition) is 1. The minimum Gasteiger partial charge on any atom is -0.319 e. The number of benzene rings is 1. The van der Waals surface area contributed by atoms with Crippen LogP contribution in [0.1, 0.15) is 20.9 Å². The Morgan fingerprint density at radius 1 is 1.27 bits per heavy atom. The normalized spacial score (nSPS) is 10.7. The second kappa shape index (κ2) is 5.98. The van der Waals surface area contributed by atoms with Gasteiger partial charge in [0.05, 0.1) is 11.4 Å². The van der Waals surface area contributed by atoms with E-state index >= 15 is 0 Å². The molecule has 1 amide bonds. The summed E-state index contributed by atoms with van der Waals surface area (Å²) >= 11 is 2.90. The molecule has 1 N–H and O–H groups in total. The highest BCUT2D eigenvalue weighted by Crippen LogP contribution is 2.30. The van der Waals surface area contributed by atoms with Crippen molar-refractivity contribution in [1.29, 1.82) is 0 Å². The standard InChI is InChI=1S/C16H13FN2OS2/c1-9-3-4-12(17)13(7-9)19-15(20)14-10(2)18-16(22-14)11-5-6-21-8-11/h3-8H,1-2H3,(H,19,20). The van der Waals surface area contributed by atoms with Gasteiger partial charge in [0.15, 0.2) is 0 Å². The van der Waals surface area contributed by atoms with E-state index in [0.717, 1.165) is 16.1 Å². The number of rotatable bonds is 3. The van der Waals surface area contributed by atoms with Crippen LogP contribution in [-0.4, -0.2) is 10.9 Å². The number of thiophene rings is 1. The zero-order valence-electron chi connectivity index (χ0n) is 12.0. The monoisotopic (exact) mass is 332 g/mol. The van der Waals surface area contributed by atoms with Crippen LogP contribution in [0.25, 0.3) is 10.6 Å². The van der Waals surface area contributed by atoms with Crippen LogP contribution >= 0.6 is 22.7 Å². The van der Waals surface area contributed by atoms with Crippen LogP contribution in [0, 0.1) is 19.7 Å². The molecule has 6 heteroatoms. The first kappa shape index (κ1) is 14.9. The maximum Gasteiger partial charge on any atom is 0.267 e. The van der Waals surface area contributed by atoms with Gasteiger partial charge < -0.3 is 5.32 Å². The molecule has 0 spiro atoms. The summed E-state index contributed by atoms with van der Waals surface area (Å²) in [5.41, 5.74) is 2.72. The van der Waals surface area contributed by atoms with Gasteiger partial charge in [-0.25, -0.2) is 9.37 Å². The average molecular weight is 332 g/mol. The molecule has 22 heavy (non-hydrogen) atoms. The third-order valence-electron chi connectivity index (χ3n) is 3.14. The highest BCUT2D eigenvalue weighted by molar-refractivity contribution is 7.17. The van der Waals surface area contributed by atoms with E-state index in [-0.39, 0.29) is 11.6 Å². The number of thiazole rings is 1. The molecule has 2 aromatic heterocycles. The van der Waals surface area contributed by atoms with Crippen LogP contribution in [0.15, 0.2) is 35.0 Å². The van der Waals surface area contributed by atoms with Crippen molar-refractivity contribution in [2.75, 3.05) is 5.32 Å². The number of hydrogen-bond acceptors (Lipinski definition) is 4. The number of nitrogens with zero attached hydrogens (tertiary/aromatic N) is 1. The molecule has 1 aromatic carbocycles. The summed E-state index contributed by atoms with van der Waals surface area (Å²) in [6.07, 6.45) is 0. The van der Waals surface area contributed by atoms with Gasteiger partial charge in [-0.2, -0.15) is 11.3 Å². The van der Waals surface area contributed by atoms with E-state index in [1.165, 1.54) is 17.4 Å². The third-order valence-corrected chi connectivity index (χ3v) is 5.03. The van der Waals surface area contributed by atoms with E-state index in [2.05, 4.69) is 10.3 Å². The first-order chi connectivity index (χ1) is 10.5. The molecule has 0 saturated heterocycles. The Morgan fingerprint density at radius 3 is 2.82 bits per heavy atom. The summed E-state index contributed by atoms with van der Waals surface area (Å²) in [5.74, 6) is -0.778. The molecule has 0 saturated carbocycles. The van der Waals surface area contributed by atoms with Gasteiger partial charge in [-0.1, -0.05) is 6.07 Å². The first-order valence-electron chi connectivity index (χ1n) is 6.62. The molecule has 0 radical (unpaired) electrons. The molecular weight excluding hydrogens is 319 g/mol. The Morgan fingerprint density at radius 2 is 2.09 bits per heavy atom. The Kier molecular flexibility index (Phi) is 4.04. The lowest BCUT2D eigenvalue weighted by molar-refractivity contribution is 0.102. The van der Waals surface area contributed by atoms with E-state index in [4.69, 9.17) is 0 Å². The Labute approximate surface area is 135 Å². The number of aromatic nitrogens is 1. The van der Waals surface area contributed by atoms with E-state index in [1.54, 1.807) is 30.4 Å². The summed E-state index contributed by atoms with van der Waals surface area (Å²) in [7, 11) is 0. The van der Waals surface area contributed by atoms with Gasteiger partial charge in [-0.15, -0.1) is 11.3 Å². The number of halogens is 1. The van der Waals surface area contributed by atoms with E-state index in [0.29, 0.717) is 10.6 Å². The molecule has 0 unspecified atom stereocenters. The lowest BCUT2D eigenvalue weighted by Crippen LogP contribution is -2.12. The lowest BCUT2D eigenvalue weighted by Gasteiger charge is -2.06. The SMILES string of the molecule is Cc1ccc(F)c(NC(=O)c2sc(-c3ccsc3)nc2C)c1. The molecule has 3 aromatic rings. The molecule has 0 fully saturated rings. The quantitative estimate of drug-likeness (QED) is 0.743. The number of nitrogens with one attached hydrogen (secondary N) is 1. The average Bonchev–Trinajstić information content (AvgIpc) is 3.11. The predicted molar refractivity (Wildman–Crippen MR) is 89.3 cm³/mol. The molecule has 112 valence electrons. The van der Waals surface area contributed by atoms with Crippen LogP contribution in [-0.2, 0) is 0 Å². The van der Waals surface area contributed by atoms with Gasteiger partial charge in [0.1, 0.15) is 15.7 Å². The zero-order valence-corrected chi connectivity index (χ0v) is 13.6. The molecule has 3 nitrogen and oxygen atoms in total. The van der Waals surface area contributed by atoms with E-state index in [1.807, 2.05) is 23.8 Å². The second-order valence-electron chi connectivity index (χ2n) is 4.88. The number of amides is 1. The topological polar surface area (TPSA) is 42.0 Å². The highest BCUT2D eigenvalue weighted by Gasteiger charge is 2.17. The maximum atomic E-state index is 13.7. The first-order valence-corrected chi connectivity index (χ1v) is 8.38. The fourth-order valence-electron chi connectivity index (χ4n) is 2.03. The molecule has 0 aliphatic heterocycles. The fourth-order valence-corrected chi connectivity index (χ4v) is 3.70. The fraction of sp³-hybridized carbons (Fsp3) is 0.125. The summed E-state index contributed by atoms with van der Waals surface area (Å²) in [4.78, 5) is 17.3. The van der Waals surface area contributed by atoms with Crippen molar-refractivity contribution in [3.8, 4) is 10.6 Å². The Hall–Kier alpha value is -2.05. The second-order valence-corrected chi connectivity index (χ2v) is 6.66. The number of carbonyl (C=O) groups excluding carboxylic acids is 1. The number of anilines is 1. The minimum atomic E-state index is -0.445. The zero-order chi connectivity index (χ0) is 15.7. The van der Waals surface area contributed by atoms with Gasteiger partial charge in [-0.05, 0) is 43.0 Å². The van der Waals surface area contributed by atoms with Crippen molar-refractivity contribution in [1.82, 2.24) is 4.98 Å². The highest BCUT2D eigenvalue weighted by atomic mass is 32.1. The van der Waals surface area contributed by atoms with Crippen LogP contribution < -0.4 is 5.32 Å². The molecule has 0 bridgehead atoms. The Bertz CT molecular complexity index is 825. The van der Waals surface area contributed by atoms with Gasteiger partial charge in [0.2, 0.25) is 0 Å². The molecule has 0 aliphatic rings. The predicted octanol–water partition coefficient (Wildman–Crippen LogP) is 4.88. The molecule has 0 aliphatic carbocycles. The van der Waals surface area contributed by atoms with Crippen molar-refractivity contribution >= 4 is 34.3 Å².